The van der Waals surface area contributed by atoms with Crippen LogP contribution in [0.4, 0.5) is 0 Å². The summed E-state index contributed by atoms with van der Waals surface area (Å²) in [6.07, 6.45) is 0. The number of thiazole rings is 1. The van der Waals surface area contributed by atoms with Crippen molar-refractivity contribution in [1.29, 1.82) is 0 Å². The Hall–Kier alpha value is -0.450. The summed E-state index contributed by atoms with van der Waals surface area (Å²) >= 11 is 1.81. The molecule has 0 spiro atoms. The van der Waals surface area contributed by atoms with Gasteiger partial charge in [0.1, 0.15) is 0 Å². The second-order valence-electron chi connectivity index (χ2n) is 7.15. The maximum Gasteiger partial charge on any atom is 0.0982 e. The number of fused-ring (bicyclic) bond motifs is 1. The molecule has 0 amide bonds. The fourth-order valence-electron chi connectivity index (χ4n) is 3.40. The Bertz CT molecular complexity index is 448. The highest BCUT2D eigenvalue weighted by atomic mass is 32.1. The van der Waals surface area contributed by atoms with Gasteiger partial charge in [0, 0.05) is 29.9 Å². The predicted octanol–water partition coefficient (Wildman–Crippen LogP) is 2.48. The van der Waals surface area contributed by atoms with Crippen LogP contribution in [0.25, 0.3) is 0 Å². The maximum absolute atomic E-state index is 4.83. The van der Waals surface area contributed by atoms with Crippen molar-refractivity contribution in [2.24, 2.45) is 11.8 Å². The molecule has 19 heavy (non-hydrogen) atoms. The highest BCUT2D eigenvalue weighted by molar-refractivity contribution is 7.09. The van der Waals surface area contributed by atoms with Crippen molar-refractivity contribution in [3.05, 3.63) is 16.1 Å². The van der Waals surface area contributed by atoms with E-state index in [1.54, 1.807) is 0 Å². The molecule has 0 aromatic carbocycles. The van der Waals surface area contributed by atoms with Crippen molar-refractivity contribution in [1.82, 2.24) is 15.2 Å². The summed E-state index contributed by atoms with van der Waals surface area (Å²) in [5.41, 5.74) is 1.44. The van der Waals surface area contributed by atoms with Crippen molar-refractivity contribution in [3.63, 3.8) is 0 Å². The SMILES string of the molecule is CC1C2CNCC2CN1Cc1csc(C(C)(C)C)n1. The largest absolute Gasteiger partial charge is 0.316 e. The van der Waals surface area contributed by atoms with Crippen LogP contribution in [0.5, 0.6) is 0 Å². The number of nitrogens with zero attached hydrogens (tertiary/aromatic N) is 2. The van der Waals surface area contributed by atoms with E-state index in [-0.39, 0.29) is 5.41 Å². The molecular formula is C15H25N3S. The molecule has 0 radical (unpaired) electrons. The Morgan fingerprint density at radius 1 is 1.42 bits per heavy atom. The average Bonchev–Trinajstić information content (AvgIpc) is 2.98. The second kappa shape index (κ2) is 4.83. The molecule has 2 saturated heterocycles. The minimum Gasteiger partial charge on any atom is -0.316 e. The van der Waals surface area contributed by atoms with Crippen molar-refractivity contribution < 1.29 is 0 Å². The van der Waals surface area contributed by atoms with E-state index in [4.69, 9.17) is 4.98 Å². The highest BCUT2D eigenvalue weighted by Crippen LogP contribution is 2.34. The lowest BCUT2D eigenvalue weighted by molar-refractivity contribution is 0.229. The molecule has 3 rings (SSSR count). The summed E-state index contributed by atoms with van der Waals surface area (Å²) in [6, 6.07) is 0.694. The lowest BCUT2D eigenvalue weighted by atomic mass is 9.95. The van der Waals surface area contributed by atoms with E-state index in [1.165, 1.54) is 30.3 Å². The van der Waals surface area contributed by atoms with Gasteiger partial charge in [-0.15, -0.1) is 11.3 Å². The van der Waals surface area contributed by atoms with Crippen LogP contribution in [0.3, 0.4) is 0 Å². The molecule has 2 aliphatic heterocycles. The normalized spacial score (nSPS) is 31.9. The lowest BCUT2D eigenvalue weighted by Gasteiger charge is -2.23. The Kier molecular flexibility index (Phi) is 3.44. The monoisotopic (exact) mass is 279 g/mol. The van der Waals surface area contributed by atoms with Crippen LogP contribution in [0.15, 0.2) is 5.38 Å². The van der Waals surface area contributed by atoms with E-state index < -0.39 is 0 Å². The zero-order valence-electron chi connectivity index (χ0n) is 12.4. The van der Waals surface area contributed by atoms with E-state index in [2.05, 4.69) is 43.3 Å². The molecule has 1 aromatic heterocycles. The Balaban J connectivity index is 1.67. The molecule has 0 bridgehead atoms. The predicted molar refractivity (Wildman–Crippen MR) is 80.5 cm³/mol. The molecule has 3 unspecified atom stereocenters. The van der Waals surface area contributed by atoms with Gasteiger partial charge in [-0.2, -0.15) is 0 Å². The van der Waals surface area contributed by atoms with E-state index >= 15 is 0 Å². The van der Waals surface area contributed by atoms with E-state index in [0.717, 1.165) is 18.4 Å². The second-order valence-corrected chi connectivity index (χ2v) is 8.00. The minimum absolute atomic E-state index is 0.181. The Labute approximate surface area is 120 Å². The summed E-state index contributed by atoms with van der Waals surface area (Å²) in [6.45, 7) is 13.8. The molecule has 106 valence electrons. The molecule has 1 N–H and O–H groups in total. The summed E-state index contributed by atoms with van der Waals surface area (Å²) in [5, 5.41) is 7.03. The number of hydrogen-bond acceptors (Lipinski definition) is 4. The minimum atomic E-state index is 0.181. The zero-order chi connectivity index (χ0) is 13.6. The van der Waals surface area contributed by atoms with Gasteiger partial charge in [-0.3, -0.25) is 4.90 Å². The van der Waals surface area contributed by atoms with Crippen LogP contribution in [0.2, 0.25) is 0 Å². The Morgan fingerprint density at radius 2 is 2.21 bits per heavy atom. The molecule has 3 heterocycles. The molecule has 0 aliphatic carbocycles. The van der Waals surface area contributed by atoms with Crippen LogP contribution in [-0.4, -0.2) is 35.6 Å². The molecule has 4 heteroatoms. The summed E-state index contributed by atoms with van der Waals surface area (Å²) in [5.74, 6) is 1.71. The van der Waals surface area contributed by atoms with Gasteiger partial charge in [-0.05, 0) is 31.8 Å². The highest BCUT2D eigenvalue weighted by Gasteiger charge is 2.41. The first-order valence-corrected chi connectivity index (χ1v) is 8.23. The van der Waals surface area contributed by atoms with Crippen LogP contribution in [-0.2, 0) is 12.0 Å². The number of likely N-dealkylation sites (tertiary alicyclic amines) is 1. The molecular weight excluding hydrogens is 254 g/mol. The molecule has 0 saturated carbocycles. The average molecular weight is 279 g/mol. The molecule has 1 aromatic rings. The standard InChI is InChI=1S/C15H25N3S/c1-10-13-6-16-5-11(13)7-18(10)8-12-9-19-14(17-12)15(2,3)4/h9-11,13,16H,5-8H2,1-4H3. The van der Waals surface area contributed by atoms with Crippen molar-refractivity contribution in [2.75, 3.05) is 19.6 Å². The van der Waals surface area contributed by atoms with Crippen LogP contribution in [0.1, 0.15) is 38.4 Å². The van der Waals surface area contributed by atoms with Gasteiger partial charge in [0.15, 0.2) is 0 Å². The first kappa shape index (κ1) is 13.5. The number of nitrogens with one attached hydrogen (secondary N) is 1. The number of hydrogen-bond donors (Lipinski definition) is 1. The molecule has 3 atom stereocenters. The summed E-state index contributed by atoms with van der Waals surface area (Å²) in [4.78, 5) is 7.46. The zero-order valence-corrected chi connectivity index (χ0v) is 13.3. The van der Waals surface area contributed by atoms with Crippen molar-refractivity contribution in [2.45, 2.75) is 45.7 Å². The van der Waals surface area contributed by atoms with Gasteiger partial charge >= 0.3 is 0 Å². The maximum atomic E-state index is 4.83. The van der Waals surface area contributed by atoms with Gasteiger partial charge < -0.3 is 5.32 Å². The lowest BCUT2D eigenvalue weighted by Crippen LogP contribution is -2.32. The topological polar surface area (TPSA) is 28.2 Å². The van der Waals surface area contributed by atoms with E-state index in [9.17, 15) is 0 Å². The Morgan fingerprint density at radius 3 is 2.84 bits per heavy atom. The molecule has 2 aliphatic rings. The van der Waals surface area contributed by atoms with E-state index in [1.807, 2.05) is 11.3 Å². The summed E-state index contributed by atoms with van der Waals surface area (Å²) in [7, 11) is 0. The van der Waals surface area contributed by atoms with Crippen LogP contribution in [0, 0.1) is 11.8 Å². The van der Waals surface area contributed by atoms with Gasteiger partial charge in [-0.25, -0.2) is 4.98 Å². The third kappa shape index (κ3) is 2.58. The molecule has 3 nitrogen and oxygen atoms in total. The van der Waals surface area contributed by atoms with Crippen LogP contribution < -0.4 is 5.32 Å². The molecule has 2 fully saturated rings. The van der Waals surface area contributed by atoms with E-state index in [0.29, 0.717) is 6.04 Å². The van der Waals surface area contributed by atoms with Gasteiger partial charge in [0.05, 0.1) is 10.7 Å². The third-order valence-corrected chi connectivity index (χ3v) is 5.93. The van der Waals surface area contributed by atoms with Crippen molar-refractivity contribution >= 4 is 11.3 Å². The first-order valence-electron chi connectivity index (χ1n) is 7.35. The van der Waals surface area contributed by atoms with Crippen molar-refractivity contribution in [3.8, 4) is 0 Å². The fraction of sp³-hybridized carbons (Fsp3) is 0.800. The summed E-state index contributed by atoms with van der Waals surface area (Å²) < 4.78 is 0. The third-order valence-electron chi connectivity index (χ3n) is 4.62. The van der Waals surface area contributed by atoms with Gasteiger partial charge in [-0.1, -0.05) is 20.8 Å². The van der Waals surface area contributed by atoms with Gasteiger partial charge in [0.25, 0.3) is 0 Å². The first-order chi connectivity index (χ1) is 8.95. The smallest absolute Gasteiger partial charge is 0.0982 e. The number of rotatable bonds is 2. The van der Waals surface area contributed by atoms with Gasteiger partial charge in [0.2, 0.25) is 0 Å². The quantitative estimate of drug-likeness (QED) is 0.901. The fourth-order valence-corrected chi connectivity index (χ4v) is 4.30. The number of aromatic nitrogens is 1. The van der Waals surface area contributed by atoms with Crippen LogP contribution >= 0.6 is 11.3 Å².